The lowest BCUT2D eigenvalue weighted by Gasteiger charge is -2.16. The number of carbonyl (C=O) groups excluding carboxylic acids is 2. The van der Waals surface area contributed by atoms with Gasteiger partial charge in [-0.2, -0.15) is 0 Å². The average Bonchev–Trinajstić information content (AvgIpc) is 3.39. The summed E-state index contributed by atoms with van der Waals surface area (Å²) in [6.45, 7) is 1.77. The van der Waals surface area contributed by atoms with E-state index in [0.717, 1.165) is 11.8 Å². The fraction of sp³-hybridized carbons (Fsp3) is 0.242. The van der Waals surface area contributed by atoms with Crippen molar-refractivity contribution in [2.75, 3.05) is 41.7 Å². The van der Waals surface area contributed by atoms with E-state index >= 15 is 0 Å². The van der Waals surface area contributed by atoms with Crippen molar-refractivity contribution in [2.24, 2.45) is 0 Å². The normalized spacial score (nSPS) is 14.0. The molecular weight excluding hydrogens is 624 g/mol. The zero-order chi connectivity index (χ0) is 32.2. The number of ketones is 1. The van der Waals surface area contributed by atoms with Gasteiger partial charge in [0, 0.05) is 17.7 Å². The van der Waals surface area contributed by atoms with Gasteiger partial charge < -0.3 is 32.8 Å². The van der Waals surface area contributed by atoms with Crippen LogP contribution >= 0.6 is 23.4 Å². The molecule has 0 aliphatic carbocycles. The van der Waals surface area contributed by atoms with Crippen molar-refractivity contribution in [3.8, 4) is 45.8 Å². The van der Waals surface area contributed by atoms with Gasteiger partial charge in [0.05, 0.1) is 44.8 Å². The smallest absolute Gasteiger partial charge is 0.239 e. The van der Waals surface area contributed by atoms with Crippen molar-refractivity contribution >= 4 is 50.8 Å². The molecule has 1 saturated heterocycles. The number of hydrogen-bond acceptors (Lipinski definition) is 11. The monoisotopic (exact) mass is 652 g/mol. The Kier molecular flexibility index (Phi) is 9.60. The van der Waals surface area contributed by atoms with Crippen LogP contribution in [0.1, 0.15) is 18.9 Å². The molecule has 2 heterocycles. The molecule has 0 spiro atoms. The molecule has 0 N–H and O–H groups in total. The van der Waals surface area contributed by atoms with Crippen LogP contribution in [0.2, 0.25) is 5.02 Å². The maximum absolute atomic E-state index is 13.9. The predicted octanol–water partition coefficient (Wildman–Crippen LogP) is 6.57. The minimum absolute atomic E-state index is 0.0323. The van der Waals surface area contributed by atoms with Gasteiger partial charge in [0.15, 0.2) is 23.0 Å². The first-order valence-electron chi connectivity index (χ1n) is 13.6. The highest BCUT2D eigenvalue weighted by atomic mass is 35.5. The second-order valence-corrected chi connectivity index (χ2v) is 11.2. The number of Topliss-reactive ketones (excluding diaryl/α,β-unsaturated/α-hetero) is 1. The molecular formula is C33H29ClO10S. The fourth-order valence-corrected chi connectivity index (χ4v) is 5.92. The van der Waals surface area contributed by atoms with Crippen LogP contribution in [0.4, 0.5) is 0 Å². The van der Waals surface area contributed by atoms with E-state index in [4.69, 9.17) is 44.4 Å². The third-order valence-corrected chi connectivity index (χ3v) is 8.46. The lowest BCUT2D eigenvalue weighted by molar-refractivity contribution is -0.119. The summed E-state index contributed by atoms with van der Waals surface area (Å²) in [6.07, 6.45) is -0.101. The van der Waals surface area contributed by atoms with Crippen molar-refractivity contribution in [3.63, 3.8) is 0 Å². The largest absolute Gasteiger partial charge is 0.496 e. The minimum atomic E-state index is -0.454. The Morgan fingerprint density at radius 2 is 1.53 bits per heavy atom. The van der Waals surface area contributed by atoms with Gasteiger partial charge in [0.2, 0.25) is 16.3 Å². The third-order valence-electron chi connectivity index (χ3n) is 7.06. The van der Waals surface area contributed by atoms with Crippen LogP contribution in [-0.4, -0.2) is 52.6 Å². The van der Waals surface area contributed by atoms with E-state index in [1.165, 1.54) is 28.4 Å². The number of fused-ring (bicyclic) bond motifs is 1. The number of hydrogen-bond donors (Lipinski definition) is 0. The molecule has 1 aromatic heterocycles. The summed E-state index contributed by atoms with van der Waals surface area (Å²) in [7, 11) is 5.98. The van der Waals surface area contributed by atoms with E-state index in [1.54, 1.807) is 55.5 Å². The molecule has 234 valence electrons. The van der Waals surface area contributed by atoms with E-state index in [1.807, 2.05) is 0 Å². The topological polar surface area (TPSA) is 120 Å². The van der Waals surface area contributed by atoms with Crippen molar-refractivity contribution < 1.29 is 42.4 Å². The van der Waals surface area contributed by atoms with E-state index < -0.39 is 5.43 Å². The lowest BCUT2D eigenvalue weighted by atomic mass is 10.1. The number of thioether (sulfide) groups is 1. The molecule has 3 aromatic carbocycles. The van der Waals surface area contributed by atoms with Crippen LogP contribution < -0.4 is 33.8 Å². The number of carbonyl (C=O) groups is 2. The summed E-state index contributed by atoms with van der Waals surface area (Å²) in [5.74, 6) is 1.92. The Balaban J connectivity index is 1.43. The van der Waals surface area contributed by atoms with Crippen molar-refractivity contribution in [3.05, 3.63) is 74.2 Å². The molecule has 0 atom stereocenters. The Labute approximate surface area is 267 Å². The molecule has 4 aromatic rings. The van der Waals surface area contributed by atoms with Crippen molar-refractivity contribution in [2.45, 2.75) is 13.3 Å². The average molecular weight is 653 g/mol. The van der Waals surface area contributed by atoms with Gasteiger partial charge in [-0.25, -0.2) is 0 Å². The Bertz CT molecular complexity index is 1900. The Morgan fingerprint density at radius 3 is 2.18 bits per heavy atom. The second-order valence-electron chi connectivity index (χ2n) is 9.73. The standard InChI is InChI=1S/C33H29ClO10S/c1-17(33-22(35)16-28(36)45-33)18-6-8-23(21(34)12-18)42-10-11-43-32-30(37)29-26(41-5)14-20(38-2)15-27(29)44-31(32)19-7-9-24(39-3)25(13-19)40-4/h6-9,12-15H,10-11,16H2,1-5H3/b33-17-. The first-order valence-corrected chi connectivity index (χ1v) is 14.8. The highest BCUT2D eigenvalue weighted by molar-refractivity contribution is 8.18. The van der Waals surface area contributed by atoms with Gasteiger partial charge in [-0.05, 0) is 60.2 Å². The molecule has 1 fully saturated rings. The summed E-state index contributed by atoms with van der Waals surface area (Å²) in [4.78, 5) is 38.1. The fourth-order valence-electron chi connectivity index (χ4n) is 4.80. The Hall–Kier alpha value is -4.61. The third kappa shape index (κ3) is 6.45. The van der Waals surface area contributed by atoms with Crippen molar-refractivity contribution in [1.29, 1.82) is 0 Å². The first kappa shape index (κ1) is 31.8. The molecule has 45 heavy (non-hydrogen) atoms. The number of ether oxygens (including phenoxy) is 6. The maximum Gasteiger partial charge on any atom is 0.239 e. The summed E-state index contributed by atoms with van der Waals surface area (Å²) >= 11 is 7.44. The van der Waals surface area contributed by atoms with Crippen LogP contribution in [0.15, 0.2) is 62.6 Å². The number of allylic oxidation sites excluding steroid dienone is 2. The van der Waals surface area contributed by atoms with Crippen LogP contribution in [0, 0.1) is 0 Å². The molecule has 0 amide bonds. The van der Waals surface area contributed by atoms with Gasteiger partial charge in [-0.15, -0.1) is 0 Å². The van der Waals surface area contributed by atoms with E-state index in [0.29, 0.717) is 49.6 Å². The Morgan fingerprint density at radius 1 is 0.822 bits per heavy atom. The zero-order valence-corrected chi connectivity index (χ0v) is 26.7. The van der Waals surface area contributed by atoms with Gasteiger partial charge >= 0.3 is 0 Å². The van der Waals surface area contributed by atoms with Gasteiger partial charge in [0.1, 0.15) is 41.4 Å². The van der Waals surface area contributed by atoms with Crippen LogP contribution in [-0.2, 0) is 9.59 Å². The summed E-state index contributed by atoms with van der Waals surface area (Å²) in [5, 5.41) is 0.319. The SMILES string of the molecule is COc1cc(OC)c2c(=O)c(OCCOc3ccc(/C(C)=C4\SC(=O)CC4=O)cc3Cl)c(-c3ccc(OC)c(OC)c3)oc2c1. The molecule has 12 heteroatoms. The molecule has 0 saturated carbocycles. The number of methoxy groups -OCH3 is 4. The number of benzene rings is 3. The molecule has 1 aliphatic heterocycles. The highest BCUT2D eigenvalue weighted by Crippen LogP contribution is 2.40. The van der Waals surface area contributed by atoms with Gasteiger partial charge in [0.25, 0.3) is 0 Å². The second kappa shape index (κ2) is 13.6. The lowest BCUT2D eigenvalue weighted by Crippen LogP contribution is -2.16. The summed E-state index contributed by atoms with van der Waals surface area (Å²) in [6, 6.07) is 13.4. The van der Waals surface area contributed by atoms with Crippen LogP contribution in [0.25, 0.3) is 27.9 Å². The quantitative estimate of drug-likeness (QED) is 0.0994. The van der Waals surface area contributed by atoms with Crippen molar-refractivity contribution in [1.82, 2.24) is 0 Å². The zero-order valence-electron chi connectivity index (χ0n) is 25.1. The minimum Gasteiger partial charge on any atom is -0.496 e. The molecule has 10 nitrogen and oxygen atoms in total. The van der Waals surface area contributed by atoms with E-state index in [2.05, 4.69) is 0 Å². The highest BCUT2D eigenvalue weighted by Gasteiger charge is 2.28. The number of halogens is 1. The molecule has 5 rings (SSSR count). The first-order chi connectivity index (χ1) is 21.7. The predicted molar refractivity (Wildman–Crippen MR) is 171 cm³/mol. The van der Waals surface area contributed by atoms with Crippen LogP contribution in [0.5, 0.6) is 34.5 Å². The molecule has 1 aliphatic rings. The summed E-state index contributed by atoms with van der Waals surface area (Å²) in [5.41, 5.74) is 1.67. The summed E-state index contributed by atoms with van der Waals surface area (Å²) < 4.78 is 39.8. The maximum atomic E-state index is 13.9. The number of rotatable bonds is 11. The van der Waals surface area contributed by atoms with E-state index in [-0.39, 0.29) is 58.8 Å². The van der Waals surface area contributed by atoms with Gasteiger partial charge in [-0.3, -0.25) is 14.4 Å². The van der Waals surface area contributed by atoms with Gasteiger partial charge in [-0.1, -0.05) is 17.7 Å². The molecule has 0 unspecified atom stereocenters. The molecule has 0 radical (unpaired) electrons. The molecule has 0 bridgehead atoms. The van der Waals surface area contributed by atoms with Crippen LogP contribution in [0.3, 0.4) is 0 Å². The van der Waals surface area contributed by atoms with E-state index in [9.17, 15) is 14.4 Å².